The van der Waals surface area contributed by atoms with Crippen LogP contribution in [0.15, 0.2) is 18.2 Å². The highest BCUT2D eigenvalue weighted by Gasteiger charge is 2.26. The van der Waals surface area contributed by atoms with E-state index in [0.29, 0.717) is 55.6 Å². The van der Waals surface area contributed by atoms with Gasteiger partial charge in [-0.05, 0) is 43.9 Å². The van der Waals surface area contributed by atoms with Gasteiger partial charge in [0.1, 0.15) is 5.69 Å². The van der Waals surface area contributed by atoms with E-state index in [2.05, 4.69) is 25.9 Å². The van der Waals surface area contributed by atoms with Crippen molar-refractivity contribution in [2.24, 2.45) is 5.92 Å². The molecule has 0 bridgehead atoms. The summed E-state index contributed by atoms with van der Waals surface area (Å²) in [7, 11) is 0. The number of piperazine rings is 1. The third kappa shape index (κ3) is 5.36. The van der Waals surface area contributed by atoms with Crippen molar-refractivity contribution in [1.82, 2.24) is 14.7 Å². The van der Waals surface area contributed by atoms with Gasteiger partial charge in [0.2, 0.25) is 5.91 Å². The molecular weight excluding hydrogens is 418 g/mol. The Kier molecular flexibility index (Phi) is 7.20. The van der Waals surface area contributed by atoms with Crippen LogP contribution >= 0.6 is 11.6 Å². The highest BCUT2D eigenvalue weighted by molar-refractivity contribution is 6.30. The summed E-state index contributed by atoms with van der Waals surface area (Å²) in [5.41, 5.74) is 3.83. The van der Waals surface area contributed by atoms with E-state index >= 15 is 0 Å². The van der Waals surface area contributed by atoms with Gasteiger partial charge < -0.3 is 9.80 Å². The second-order valence-electron chi connectivity index (χ2n) is 8.48. The summed E-state index contributed by atoms with van der Waals surface area (Å²) in [6, 6.07) is 4.71. The van der Waals surface area contributed by atoms with Crippen molar-refractivity contribution in [3.63, 3.8) is 0 Å². The lowest BCUT2D eigenvalue weighted by Crippen LogP contribution is -2.49. The summed E-state index contributed by atoms with van der Waals surface area (Å²) in [6.07, 6.45) is 1.12. The van der Waals surface area contributed by atoms with E-state index in [9.17, 15) is 14.9 Å². The first kappa shape index (κ1) is 23.1. The summed E-state index contributed by atoms with van der Waals surface area (Å²) in [6.45, 7) is 11.5. The zero-order valence-electron chi connectivity index (χ0n) is 18.6. The van der Waals surface area contributed by atoms with Gasteiger partial charge in [-0.1, -0.05) is 25.4 Å². The molecule has 3 rings (SSSR count). The summed E-state index contributed by atoms with van der Waals surface area (Å²) < 4.78 is 2.04. The number of nitro benzene ring substituents is 1. The highest BCUT2D eigenvalue weighted by Crippen LogP contribution is 2.31. The van der Waals surface area contributed by atoms with E-state index in [1.54, 1.807) is 12.1 Å². The lowest BCUT2D eigenvalue weighted by Gasteiger charge is -2.36. The SMILES string of the molecule is Cc1nn(CC(C)C)c(C)c1CCC(=O)N1CCN(c2ccc(Cl)cc2[N+](=O)[O-])CC1. The predicted octanol–water partition coefficient (Wildman–Crippen LogP) is 4.00. The molecule has 0 atom stereocenters. The number of hydrogen-bond acceptors (Lipinski definition) is 5. The molecule has 0 spiro atoms. The van der Waals surface area contributed by atoms with Crippen LogP contribution in [0.3, 0.4) is 0 Å². The molecule has 31 heavy (non-hydrogen) atoms. The molecule has 1 aliphatic heterocycles. The highest BCUT2D eigenvalue weighted by atomic mass is 35.5. The van der Waals surface area contributed by atoms with Crippen molar-refractivity contribution in [1.29, 1.82) is 0 Å². The number of aryl methyl sites for hydroxylation is 1. The number of nitrogens with zero attached hydrogens (tertiary/aromatic N) is 5. The summed E-state index contributed by atoms with van der Waals surface area (Å²) in [5, 5.41) is 16.3. The zero-order valence-corrected chi connectivity index (χ0v) is 19.4. The number of nitro groups is 1. The fraction of sp³-hybridized carbons (Fsp3) is 0.545. The summed E-state index contributed by atoms with van der Waals surface area (Å²) in [5.74, 6) is 0.626. The monoisotopic (exact) mass is 447 g/mol. The molecule has 2 heterocycles. The van der Waals surface area contributed by atoms with Crippen LogP contribution in [-0.2, 0) is 17.8 Å². The average molecular weight is 448 g/mol. The minimum absolute atomic E-state index is 0.00311. The van der Waals surface area contributed by atoms with Gasteiger partial charge in [0.05, 0.1) is 10.6 Å². The van der Waals surface area contributed by atoms with Crippen molar-refractivity contribution in [3.8, 4) is 0 Å². The molecule has 0 radical (unpaired) electrons. The van der Waals surface area contributed by atoms with Crippen LogP contribution in [0.2, 0.25) is 5.02 Å². The first-order valence-electron chi connectivity index (χ1n) is 10.7. The Morgan fingerprint density at radius 1 is 1.23 bits per heavy atom. The number of halogens is 1. The predicted molar refractivity (Wildman–Crippen MR) is 122 cm³/mol. The van der Waals surface area contributed by atoms with Crippen LogP contribution in [-0.4, -0.2) is 51.7 Å². The first-order valence-corrected chi connectivity index (χ1v) is 11.0. The Hall–Kier alpha value is -2.61. The molecule has 168 valence electrons. The largest absolute Gasteiger partial charge is 0.362 e. The third-order valence-electron chi connectivity index (χ3n) is 5.77. The van der Waals surface area contributed by atoms with E-state index in [1.165, 1.54) is 6.07 Å². The van der Waals surface area contributed by atoms with Gasteiger partial charge in [0.15, 0.2) is 0 Å². The average Bonchev–Trinajstić information content (AvgIpc) is 2.98. The van der Waals surface area contributed by atoms with Crippen molar-refractivity contribution < 1.29 is 9.72 Å². The van der Waals surface area contributed by atoms with Crippen LogP contribution in [0.5, 0.6) is 0 Å². The van der Waals surface area contributed by atoms with E-state index in [-0.39, 0.29) is 11.6 Å². The Labute approximate surface area is 187 Å². The standard InChI is InChI=1S/C22H30ClN5O3/c1-15(2)14-27-17(4)19(16(3)24-27)6-8-22(29)26-11-9-25(10-12-26)20-7-5-18(23)13-21(20)28(30)31/h5,7,13,15H,6,8-12,14H2,1-4H3. The van der Waals surface area contributed by atoms with E-state index < -0.39 is 4.92 Å². The van der Waals surface area contributed by atoms with Crippen LogP contribution in [0.4, 0.5) is 11.4 Å². The maximum Gasteiger partial charge on any atom is 0.294 e. The summed E-state index contributed by atoms with van der Waals surface area (Å²) in [4.78, 5) is 27.6. The molecule has 1 aromatic carbocycles. The maximum absolute atomic E-state index is 12.8. The van der Waals surface area contributed by atoms with Crippen molar-refractivity contribution in [3.05, 3.63) is 50.3 Å². The molecule has 0 saturated carbocycles. The first-order chi connectivity index (χ1) is 14.7. The molecule has 1 fully saturated rings. The number of hydrogen-bond donors (Lipinski definition) is 0. The van der Waals surface area contributed by atoms with Crippen LogP contribution < -0.4 is 4.90 Å². The maximum atomic E-state index is 12.8. The zero-order chi connectivity index (χ0) is 22.7. The Morgan fingerprint density at radius 3 is 2.52 bits per heavy atom. The fourth-order valence-corrected chi connectivity index (χ4v) is 4.28. The Morgan fingerprint density at radius 2 is 1.90 bits per heavy atom. The van der Waals surface area contributed by atoms with Gasteiger partial charge in [0, 0.05) is 55.9 Å². The van der Waals surface area contributed by atoms with E-state index in [4.69, 9.17) is 11.6 Å². The van der Waals surface area contributed by atoms with Gasteiger partial charge in [-0.25, -0.2) is 0 Å². The topological polar surface area (TPSA) is 84.5 Å². The number of carbonyl (C=O) groups excluding carboxylic acids is 1. The number of anilines is 1. The van der Waals surface area contributed by atoms with Gasteiger partial charge in [0.25, 0.3) is 5.69 Å². The third-order valence-corrected chi connectivity index (χ3v) is 6.00. The quantitative estimate of drug-likeness (QED) is 0.473. The second-order valence-corrected chi connectivity index (χ2v) is 8.92. The van der Waals surface area contributed by atoms with Crippen LogP contribution in [0.1, 0.15) is 37.2 Å². The molecule has 1 aliphatic rings. The van der Waals surface area contributed by atoms with Crippen molar-refractivity contribution in [2.75, 3.05) is 31.1 Å². The minimum Gasteiger partial charge on any atom is -0.362 e. The molecule has 0 unspecified atom stereocenters. The summed E-state index contributed by atoms with van der Waals surface area (Å²) >= 11 is 5.92. The minimum atomic E-state index is -0.414. The normalized spacial score (nSPS) is 14.4. The van der Waals surface area contributed by atoms with Crippen LogP contribution in [0.25, 0.3) is 0 Å². The molecule has 1 saturated heterocycles. The lowest BCUT2D eigenvalue weighted by atomic mass is 10.1. The van der Waals surface area contributed by atoms with Gasteiger partial charge in [-0.2, -0.15) is 5.10 Å². The number of amides is 1. The second kappa shape index (κ2) is 9.68. The molecule has 9 heteroatoms. The number of aromatic nitrogens is 2. The molecule has 2 aromatic rings. The van der Waals surface area contributed by atoms with Gasteiger partial charge in [-0.15, -0.1) is 0 Å². The molecule has 0 aliphatic carbocycles. The fourth-order valence-electron chi connectivity index (χ4n) is 4.12. The number of rotatable bonds is 7. The molecule has 0 N–H and O–H groups in total. The Balaban J connectivity index is 1.58. The number of carbonyl (C=O) groups is 1. The van der Waals surface area contributed by atoms with Crippen molar-refractivity contribution >= 4 is 28.9 Å². The van der Waals surface area contributed by atoms with E-state index in [0.717, 1.165) is 23.5 Å². The number of benzene rings is 1. The smallest absolute Gasteiger partial charge is 0.294 e. The molecule has 1 aromatic heterocycles. The van der Waals surface area contributed by atoms with Crippen molar-refractivity contribution in [2.45, 2.75) is 47.1 Å². The van der Waals surface area contributed by atoms with E-state index in [1.807, 2.05) is 21.4 Å². The molecule has 1 amide bonds. The van der Waals surface area contributed by atoms with Crippen LogP contribution in [0, 0.1) is 29.9 Å². The Bertz CT molecular complexity index is 964. The van der Waals surface area contributed by atoms with Gasteiger partial charge >= 0.3 is 0 Å². The molecular formula is C22H30ClN5O3. The van der Waals surface area contributed by atoms with Gasteiger partial charge in [-0.3, -0.25) is 19.6 Å². The molecule has 8 nitrogen and oxygen atoms in total. The lowest BCUT2D eigenvalue weighted by molar-refractivity contribution is -0.384.